The van der Waals surface area contributed by atoms with Gasteiger partial charge in [-0.15, -0.1) is 0 Å². The van der Waals surface area contributed by atoms with E-state index < -0.39 is 17.3 Å². The highest BCUT2D eigenvalue weighted by Gasteiger charge is 2.39. The van der Waals surface area contributed by atoms with Crippen LogP contribution in [-0.4, -0.2) is 17.0 Å². The standard InChI is InChI=1S/C15H14FNO3/c16-13-7-10(3-4-11(13)15(19)20)17-14(18)12-6-8-1-2-9(12)5-8/h1-4,7-9,12H,5-6H2,(H,17,18)(H,19,20). The van der Waals surface area contributed by atoms with Crippen LogP contribution >= 0.6 is 0 Å². The number of amides is 1. The van der Waals surface area contributed by atoms with Gasteiger partial charge in [-0.1, -0.05) is 12.2 Å². The van der Waals surface area contributed by atoms with E-state index in [-0.39, 0.29) is 17.7 Å². The summed E-state index contributed by atoms with van der Waals surface area (Å²) in [6.45, 7) is 0. The van der Waals surface area contributed by atoms with Crippen LogP contribution in [0.25, 0.3) is 0 Å². The molecule has 0 spiro atoms. The maximum atomic E-state index is 13.5. The fourth-order valence-corrected chi connectivity index (χ4v) is 3.08. The van der Waals surface area contributed by atoms with E-state index in [9.17, 15) is 14.0 Å². The smallest absolute Gasteiger partial charge is 0.338 e. The first-order chi connectivity index (χ1) is 9.54. The Bertz CT molecular complexity index is 611. The number of aromatic carboxylic acids is 1. The summed E-state index contributed by atoms with van der Waals surface area (Å²) >= 11 is 0. The highest BCUT2D eigenvalue weighted by atomic mass is 19.1. The molecule has 0 radical (unpaired) electrons. The van der Waals surface area contributed by atoms with Gasteiger partial charge in [-0.25, -0.2) is 9.18 Å². The molecule has 1 amide bonds. The van der Waals surface area contributed by atoms with Gasteiger partial charge in [-0.2, -0.15) is 0 Å². The molecule has 5 heteroatoms. The molecule has 1 fully saturated rings. The lowest BCUT2D eigenvalue weighted by atomic mass is 9.93. The normalized spacial score (nSPS) is 26.8. The number of carboxylic acid groups (broad SMARTS) is 1. The number of anilines is 1. The van der Waals surface area contributed by atoms with E-state index in [2.05, 4.69) is 17.5 Å². The third-order valence-electron chi connectivity index (χ3n) is 4.08. The van der Waals surface area contributed by atoms with Crippen molar-refractivity contribution in [2.24, 2.45) is 17.8 Å². The Morgan fingerprint density at radius 3 is 2.60 bits per heavy atom. The van der Waals surface area contributed by atoms with Crippen LogP contribution in [0.5, 0.6) is 0 Å². The topological polar surface area (TPSA) is 66.4 Å². The van der Waals surface area contributed by atoms with Gasteiger partial charge in [0.2, 0.25) is 5.91 Å². The molecule has 3 unspecified atom stereocenters. The molecule has 0 aromatic heterocycles. The number of benzene rings is 1. The molecule has 1 saturated carbocycles. The molecule has 104 valence electrons. The third-order valence-corrected chi connectivity index (χ3v) is 4.08. The highest BCUT2D eigenvalue weighted by molar-refractivity contribution is 5.94. The summed E-state index contributed by atoms with van der Waals surface area (Å²) < 4.78 is 13.5. The van der Waals surface area contributed by atoms with Crippen molar-refractivity contribution in [1.29, 1.82) is 0 Å². The maximum absolute atomic E-state index is 13.5. The number of hydrogen-bond acceptors (Lipinski definition) is 2. The van der Waals surface area contributed by atoms with Crippen molar-refractivity contribution in [2.45, 2.75) is 12.8 Å². The van der Waals surface area contributed by atoms with Gasteiger partial charge in [-0.05, 0) is 42.9 Å². The number of fused-ring (bicyclic) bond motifs is 2. The van der Waals surface area contributed by atoms with Crippen molar-refractivity contribution < 1.29 is 19.1 Å². The van der Waals surface area contributed by atoms with E-state index in [1.807, 2.05) is 0 Å². The number of carbonyl (C=O) groups is 2. The second-order valence-corrected chi connectivity index (χ2v) is 5.38. The second-order valence-electron chi connectivity index (χ2n) is 5.38. The Hall–Kier alpha value is -2.17. The summed E-state index contributed by atoms with van der Waals surface area (Å²) in [6.07, 6.45) is 6.08. The van der Waals surface area contributed by atoms with Crippen LogP contribution in [0.1, 0.15) is 23.2 Å². The zero-order chi connectivity index (χ0) is 14.3. The van der Waals surface area contributed by atoms with E-state index in [0.29, 0.717) is 11.6 Å². The van der Waals surface area contributed by atoms with E-state index in [4.69, 9.17) is 5.11 Å². The Morgan fingerprint density at radius 2 is 2.05 bits per heavy atom. The monoisotopic (exact) mass is 275 g/mol. The van der Waals surface area contributed by atoms with Crippen LogP contribution in [0.4, 0.5) is 10.1 Å². The van der Waals surface area contributed by atoms with E-state index in [1.54, 1.807) is 0 Å². The summed E-state index contributed by atoms with van der Waals surface area (Å²) in [5.74, 6) is -1.58. The van der Waals surface area contributed by atoms with Gasteiger partial charge in [0.1, 0.15) is 5.82 Å². The number of nitrogens with one attached hydrogen (secondary N) is 1. The van der Waals surface area contributed by atoms with Gasteiger partial charge in [0.05, 0.1) is 5.56 Å². The van der Waals surface area contributed by atoms with Crippen molar-refractivity contribution in [1.82, 2.24) is 0 Å². The molecule has 2 aliphatic rings. The molecule has 2 aliphatic carbocycles. The minimum absolute atomic E-state index is 0.0628. The molecule has 3 atom stereocenters. The van der Waals surface area contributed by atoms with E-state index >= 15 is 0 Å². The molecule has 0 heterocycles. The number of rotatable bonds is 3. The largest absolute Gasteiger partial charge is 0.478 e. The average molecular weight is 275 g/mol. The van der Waals surface area contributed by atoms with Crippen LogP contribution < -0.4 is 5.32 Å². The zero-order valence-electron chi connectivity index (χ0n) is 10.7. The highest BCUT2D eigenvalue weighted by Crippen LogP contribution is 2.43. The van der Waals surface area contributed by atoms with Gasteiger partial charge in [-0.3, -0.25) is 4.79 Å². The SMILES string of the molecule is O=C(O)c1ccc(NC(=O)C2CC3C=CC2C3)cc1F. The summed E-state index contributed by atoms with van der Waals surface area (Å²) in [5.41, 5.74) is -0.102. The summed E-state index contributed by atoms with van der Waals surface area (Å²) in [6, 6.07) is 3.62. The summed E-state index contributed by atoms with van der Waals surface area (Å²) in [7, 11) is 0. The molecule has 0 aliphatic heterocycles. The Morgan fingerprint density at radius 1 is 1.25 bits per heavy atom. The van der Waals surface area contributed by atoms with Crippen molar-refractivity contribution in [3.05, 3.63) is 41.7 Å². The van der Waals surface area contributed by atoms with Crippen molar-refractivity contribution >= 4 is 17.6 Å². The maximum Gasteiger partial charge on any atom is 0.338 e. The van der Waals surface area contributed by atoms with Gasteiger partial charge >= 0.3 is 5.97 Å². The molecular formula is C15H14FNO3. The van der Waals surface area contributed by atoms with Crippen LogP contribution in [-0.2, 0) is 4.79 Å². The van der Waals surface area contributed by atoms with Crippen molar-refractivity contribution in [2.75, 3.05) is 5.32 Å². The predicted molar refractivity (Wildman–Crippen MR) is 70.8 cm³/mol. The first-order valence-electron chi connectivity index (χ1n) is 6.56. The Balaban J connectivity index is 1.72. The molecular weight excluding hydrogens is 261 g/mol. The Kier molecular flexibility index (Phi) is 3.04. The molecule has 1 aromatic rings. The molecule has 20 heavy (non-hydrogen) atoms. The van der Waals surface area contributed by atoms with Crippen molar-refractivity contribution in [3.63, 3.8) is 0 Å². The van der Waals surface area contributed by atoms with Crippen LogP contribution in [0, 0.1) is 23.6 Å². The third kappa shape index (κ3) is 2.19. The van der Waals surface area contributed by atoms with Gasteiger partial charge in [0, 0.05) is 11.6 Å². The number of halogens is 1. The van der Waals surface area contributed by atoms with Crippen LogP contribution in [0.3, 0.4) is 0 Å². The second kappa shape index (κ2) is 4.74. The Labute approximate surface area is 115 Å². The predicted octanol–water partition coefficient (Wildman–Crippen LogP) is 2.67. The van der Waals surface area contributed by atoms with Gasteiger partial charge < -0.3 is 10.4 Å². The van der Waals surface area contributed by atoms with E-state index in [0.717, 1.165) is 25.0 Å². The first-order valence-corrected chi connectivity index (χ1v) is 6.56. The summed E-state index contributed by atoms with van der Waals surface area (Å²) in [4.78, 5) is 22.9. The van der Waals surface area contributed by atoms with Gasteiger partial charge in [0.15, 0.2) is 0 Å². The first kappa shape index (κ1) is 12.8. The summed E-state index contributed by atoms with van der Waals surface area (Å²) in [5, 5.41) is 11.4. The average Bonchev–Trinajstić information content (AvgIpc) is 3.00. The number of carboxylic acids is 1. The molecule has 0 saturated heterocycles. The minimum Gasteiger partial charge on any atom is -0.478 e. The molecule has 2 bridgehead atoms. The number of carbonyl (C=O) groups excluding carboxylic acids is 1. The van der Waals surface area contributed by atoms with Crippen molar-refractivity contribution in [3.8, 4) is 0 Å². The molecule has 1 aromatic carbocycles. The molecule has 2 N–H and O–H groups in total. The number of allylic oxidation sites excluding steroid dienone is 2. The van der Waals surface area contributed by atoms with E-state index in [1.165, 1.54) is 6.07 Å². The van der Waals surface area contributed by atoms with Gasteiger partial charge in [0.25, 0.3) is 0 Å². The quantitative estimate of drug-likeness (QED) is 0.833. The molecule has 4 nitrogen and oxygen atoms in total. The van der Waals surface area contributed by atoms with Crippen LogP contribution in [0.2, 0.25) is 0 Å². The lowest BCUT2D eigenvalue weighted by Crippen LogP contribution is -2.26. The fraction of sp³-hybridized carbons (Fsp3) is 0.333. The molecule has 3 rings (SSSR count). The lowest BCUT2D eigenvalue weighted by molar-refractivity contribution is -0.120. The number of hydrogen-bond donors (Lipinski definition) is 2. The fourth-order valence-electron chi connectivity index (χ4n) is 3.08. The zero-order valence-corrected chi connectivity index (χ0v) is 10.7. The minimum atomic E-state index is -1.32. The lowest BCUT2D eigenvalue weighted by Gasteiger charge is -2.17. The van der Waals surface area contributed by atoms with Crippen LogP contribution in [0.15, 0.2) is 30.4 Å².